The van der Waals surface area contributed by atoms with Crippen molar-refractivity contribution in [3.63, 3.8) is 0 Å². The molecule has 0 saturated heterocycles. The third-order valence-corrected chi connectivity index (χ3v) is 8.88. The van der Waals surface area contributed by atoms with E-state index >= 15 is 0 Å². The molecule has 2 rings (SSSR count). The van der Waals surface area contributed by atoms with E-state index in [-0.39, 0.29) is 16.5 Å². The molecule has 0 saturated carbocycles. The fraction of sp³-hybridized carbons (Fsp3) is 0.667. The first-order valence-corrected chi connectivity index (χ1v) is 19.0. The molecule has 0 spiro atoms. The molecular weight excluding hydrogens is 591 g/mol. The van der Waals surface area contributed by atoms with Crippen LogP contribution in [0.3, 0.4) is 0 Å². The molecule has 0 aromatic heterocycles. The van der Waals surface area contributed by atoms with Crippen molar-refractivity contribution in [3.8, 4) is 0 Å². The maximum Gasteiger partial charge on any atom is 0.0636 e. The average molecular weight is 660 g/mol. The summed E-state index contributed by atoms with van der Waals surface area (Å²) >= 11 is 0. The Balaban J connectivity index is 0.0000101. The molecule has 2 nitrogen and oxygen atoms in total. The summed E-state index contributed by atoms with van der Waals surface area (Å²) in [6.07, 6.45) is 35.3. The molecule has 0 atom stereocenters. The minimum atomic E-state index is 0. The minimum absolute atomic E-state index is 0. The van der Waals surface area contributed by atoms with Crippen LogP contribution >= 0.6 is 0 Å². The van der Waals surface area contributed by atoms with E-state index in [2.05, 4.69) is 69.3 Å². The van der Waals surface area contributed by atoms with Gasteiger partial charge in [-0.15, -0.1) is 0 Å². The van der Waals surface area contributed by atoms with Gasteiger partial charge in [-0.25, -0.2) is 0 Å². The number of rotatable bonds is 28. The summed E-state index contributed by atoms with van der Waals surface area (Å²) in [4.78, 5) is 9.95. The van der Waals surface area contributed by atoms with Crippen molar-refractivity contribution < 1.29 is 16.5 Å². The fourth-order valence-electron chi connectivity index (χ4n) is 6.03. The monoisotopic (exact) mass is 658 g/mol. The van der Waals surface area contributed by atoms with Gasteiger partial charge in [0.05, 0.1) is 17.1 Å². The Hall–Kier alpha value is -1.73. The molecule has 0 fully saturated rings. The van der Waals surface area contributed by atoms with Crippen molar-refractivity contribution in [1.82, 2.24) is 0 Å². The Morgan fingerprint density at radius 1 is 0.489 bits per heavy atom. The Morgan fingerprint density at radius 3 is 1.36 bits per heavy atom. The van der Waals surface area contributed by atoms with E-state index in [0.29, 0.717) is 0 Å². The van der Waals surface area contributed by atoms with Gasteiger partial charge in [-0.05, 0) is 73.9 Å². The average Bonchev–Trinajstić information content (AvgIpc) is 3.04. The van der Waals surface area contributed by atoms with Crippen molar-refractivity contribution in [2.75, 3.05) is 0 Å². The van der Waals surface area contributed by atoms with E-state index in [4.69, 9.17) is 9.98 Å². The van der Waals surface area contributed by atoms with Crippen molar-refractivity contribution >= 4 is 23.3 Å². The Bertz CT molecular complexity index is 1010. The minimum Gasteiger partial charge on any atom is -0.255 e. The summed E-state index contributed by atoms with van der Waals surface area (Å²) in [7, 11) is 0. The zero-order valence-corrected chi connectivity index (χ0v) is 30.6. The number of aryl methyl sites for hydroxylation is 2. The van der Waals surface area contributed by atoms with E-state index in [1.807, 2.05) is 6.21 Å². The first-order chi connectivity index (χ1) is 21.7. The van der Waals surface area contributed by atoms with Crippen LogP contribution in [0.4, 0.5) is 11.4 Å². The molecule has 256 valence electrons. The first-order valence-electron chi connectivity index (χ1n) is 19.0. The van der Waals surface area contributed by atoms with Crippen molar-refractivity contribution in [1.29, 1.82) is 0 Å². The Kier molecular flexibility index (Phi) is 27.2. The van der Waals surface area contributed by atoms with Crippen molar-refractivity contribution in [3.05, 3.63) is 59.7 Å². The topological polar surface area (TPSA) is 24.7 Å². The molecule has 0 unspecified atom stereocenters. The van der Waals surface area contributed by atoms with Gasteiger partial charge in [0.25, 0.3) is 0 Å². The number of benzene rings is 2. The van der Waals surface area contributed by atoms with Crippen LogP contribution in [0.5, 0.6) is 0 Å². The maximum absolute atomic E-state index is 5.07. The molecule has 0 amide bonds. The molecule has 0 aliphatic rings. The van der Waals surface area contributed by atoms with E-state index in [0.717, 1.165) is 42.8 Å². The first kappa shape index (κ1) is 41.3. The number of hydrogen-bond donors (Lipinski definition) is 0. The van der Waals surface area contributed by atoms with E-state index in [1.54, 1.807) is 0 Å². The molecule has 0 aliphatic carbocycles. The van der Waals surface area contributed by atoms with E-state index in [9.17, 15) is 0 Å². The maximum atomic E-state index is 5.07. The molecule has 3 heteroatoms. The zero-order valence-electron chi connectivity index (χ0n) is 29.6. The smallest absolute Gasteiger partial charge is 0.0636 e. The second kappa shape index (κ2) is 29.7. The molecule has 0 N–H and O–H groups in total. The Labute approximate surface area is 289 Å². The number of hydrogen-bond acceptors (Lipinski definition) is 2. The number of aliphatic imine (C=N–C) groups is 2. The molecule has 2 aromatic carbocycles. The standard InChI is InChI=1S/C42H68N2.Ni/c1-4-7-10-12-14-16-18-20-22-24-28-38-30-26-33-40(35-38)43-37-42(32-9-6-3)44-41-34-27-31-39(36-41)29-25-23-21-19-17-15-13-11-8-5-2;/h26-27,30-31,33-37H,4-25,28-29,32H2,1-3H3;/b43-37+,44-42+;. The second-order valence-electron chi connectivity index (χ2n) is 13.2. The summed E-state index contributed by atoms with van der Waals surface area (Å²) in [5, 5.41) is 0. The van der Waals surface area contributed by atoms with Gasteiger partial charge in [0.1, 0.15) is 0 Å². The fourth-order valence-corrected chi connectivity index (χ4v) is 6.03. The third kappa shape index (κ3) is 22.4. The van der Waals surface area contributed by atoms with Crippen LogP contribution in [0.25, 0.3) is 0 Å². The molecule has 0 heterocycles. The molecular formula is C42H68N2Ni. The summed E-state index contributed by atoms with van der Waals surface area (Å²) < 4.78 is 0. The van der Waals surface area contributed by atoms with Gasteiger partial charge in [-0.1, -0.05) is 167 Å². The van der Waals surface area contributed by atoms with Gasteiger partial charge < -0.3 is 0 Å². The normalized spacial score (nSPS) is 11.8. The number of nitrogens with zero attached hydrogens (tertiary/aromatic N) is 2. The molecule has 45 heavy (non-hydrogen) atoms. The number of unbranched alkanes of at least 4 members (excludes halogenated alkanes) is 19. The van der Waals surface area contributed by atoms with E-state index < -0.39 is 0 Å². The predicted octanol–water partition coefficient (Wildman–Crippen LogP) is 14.3. The van der Waals surface area contributed by atoms with Crippen LogP contribution in [0.2, 0.25) is 0 Å². The van der Waals surface area contributed by atoms with Crippen LogP contribution in [-0.4, -0.2) is 11.9 Å². The van der Waals surface area contributed by atoms with Gasteiger partial charge in [-0.2, -0.15) is 0 Å². The summed E-state index contributed by atoms with van der Waals surface area (Å²) in [5.74, 6) is 0. The summed E-state index contributed by atoms with van der Waals surface area (Å²) in [5.41, 5.74) is 6.03. The molecule has 0 bridgehead atoms. The van der Waals surface area contributed by atoms with Gasteiger partial charge >= 0.3 is 0 Å². The van der Waals surface area contributed by atoms with Crippen LogP contribution in [0, 0.1) is 0 Å². The van der Waals surface area contributed by atoms with Crippen LogP contribution in [0.1, 0.15) is 180 Å². The zero-order chi connectivity index (χ0) is 31.3. The largest absolute Gasteiger partial charge is 0.255 e. The summed E-state index contributed by atoms with van der Waals surface area (Å²) in [6.45, 7) is 6.84. The van der Waals surface area contributed by atoms with Crippen LogP contribution in [0.15, 0.2) is 58.5 Å². The van der Waals surface area contributed by atoms with Crippen molar-refractivity contribution in [2.24, 2.45) is 9.98 Å². The van der Waals surface area contributed by atoms with Crippen molar-refractivity contribution in [2.45, 2.75) is 181 Å². The second-order valence-corrected chi connectivity index (χ2v) is 13.2. The SMILES string of the molecule is CCCCCCCCCCCCc1cccc(/N=C/C(CCCC)=N/c2cccc(CCCCCCCCCCCC)c2)c1.[Ni]. The van der Waals surface area contributed by atoms with Gasteiger partial charge in [0.2, 0.25) is 0 Å². The molecule has 2 aromatic rings. The van der Waals surface area contributed by atoms with Gasteiger partial charge in [0.15, 0.2) is 0 Å². The Morgan fingerprint density at radius 2 is 0.889 bits per heavy atom. The van der Waals surface area contributed by atoms with Crippen LogP contribution < -0.4 is 0 Å². The third-order valence-electron chi connectivity index (χ3n) is 8.88. The van der Waals surface area contributed by atoms with Gasteiger partial charge in [-0.3, -0.25) is 9.98 Å². The van der Waals surface area contributed by atoms with E-state index in [1.165, 1.54) is 146 Å². The molecule has 0 aliphatic heterocycles. The predicted molar refractivity (Wildman–Crippen MR) is 199 cm³/mol. The quantitative estimate of drug-likeness (QED) is 0.0493. The van der Waals surface area contributed by atoms with Gasteiger partial charge in [0, 0.05) is 22.7 Å². The summed E-state index contributed by atoms with van der Waals surface area (Å²) in [6, 6.07) is 17.7. The molecule has 0 radical (unpaired) electrons. The van der Waals surface area contributed by atoms with Crippen LogP contribution in [-0.2, 0) is 29.3 Å².